The van der Waals surface area contributed by atoms with Crippen molar-refractivity contribution in [3.8, 4) is 16.9 Å². The van der Waals surface area contributed by atoms with Gasteiger partial charge in [-0.3, -0.25) is 9.78 Å². The molecule has 1 amide bonds. The lowest BCUT2D eigenvalue weighted by Crippen LogP contribution is -2.15. The van der Waals surface area contributed by atoms with Crippen molar-refractivity contribution < 1.29 is 18.0 Å². The van der Waals surface area contributed by atoms with Crippen molar-refractivity contribution in [1.29, 1.82) is 0 Å². The Balaban J connectivity index is 1.60. The highest BCUT2D eigenvalue weighted by Crippen LogP contribution is 2.30. The average Bonchev–Trinajstić information content (AvgIpc) is 3.24. The van der Waals surface area contributed by atoms with E-state index in [1.54, 1.807) is 36.8 Å². The summed E-state index contributed by atoms with van der Waals surface area (Å²) < 4.78 is 41.0. The van der Waals surface area contributed by atoms with Crippen molar-refractivity contribution in [2.24, 2.45) is 0 Å². The minimum Gasteiger partial charge on any atom is -0.307 e. The second-order valence-electron chi connectivity index (χ2n) is 6.82. The summed E-state index contributed by atoms with van der Waals surface area (Å²) in [5.74, 6) is -0.799. The van der Waals surface area contributed by atoms with E-state index in [-0.39, 0.29) is 11.4 Å². The Morgan fingerprint density at radius 1 is 1.12 bits per heavy atom. The van der Waals surface area contributed by atoms with Crippen LogP contribution in [0, 0.1) is 6.92 Å². The molecule has 1 aromatic carbocycles. The topological polar surface area (TPSA) is 85.6 Å². The molecule has 162 valence electrons. The van der Waals surface area contributed by atoms with Crippen LogP contribution in [-0.4, -0.2) is 30.9 Å². The zero-order valence-electron chi connectivity index (χ0n) is 16.4. The number of anilines is 1. The van der Waals surface area contributed by atoms with Crippen molar-refractivity contribution in [3.05, 3.63) is 82.3 Å². The summed E-state index contributed by atoms with van der Waals surface area (Å²) >= 11 is 3.36. The number of pyridine rings is 2. The van der Waals surface area contributed by atoms with Crippen LogP contribution in [0.1, 0.15) is 21.5 Å². The van der Waals surface area contributed by atoms with Crippen LogP contribution in [0.3, 0.4) is 0 Å². The largest absolute Gasteiger partial charge is 0.416 e. The minimum atomic E-state index is -4.53. The van der Waals surface area contributed by atoms with Crippen molar-refractivity contribution in [1.82, 2.24) is 25.0 Å². The van der Waals surface area contributed by atoms with Crippen LogP contribution in [0.15, 0.2) is 65.7 Å². The molecule has 0 saturated heterocycles. The molecule has 0 aliphatic carbocycles. The van der Waals surface area contributed by atoms with Crippen LogP contribution < -0.4 is 5.32 Å². The summed E-state index contributed by atoms with van der Waals surface area (Å²) in [6, 6.07) is 8.32. The standard InChI is InChI=1S/C21H14BrF3N6O/c1-12-2-3-13(20(32)28-19-8-15(4-5-27-19)21(23,24)25)7-18(12)31-11-17(29-30-31)14-6-16(22)10-26-9-14/h2-11H,1H3,(H,27,28,32). The molecule has 0 aliphatic heterocycles. The van der Waals surface area contributed by atoms with E-state index in [9.17, 15) is 18.0 Å². The fraction of sp³-hybridized carbons (Fsp3) is 0.0952. The van der Waals surface area contributed by atoms with E-state index in [1.807, 2.05) is 13.0 Å². The maximum absolute atomic E-state index is 12.9. The molecule has 0 aliphatic rings. The molecular weight excluding hydrogens is 489 g/mol. The number of nitrogens with one attached hydrogen (secondary N) is 1. The molecule has 0 spiro atoms. The van der Waals surface area contributed by atoms with Crippen LogP contribution in [0.4, 0.5) is 19.0 Å². The summed E-state index contributed by atoms with van der Waals surface area (Å²) in [6.45, 7) is 1.84. The second kappa shape index (κ2) is 8.50. The van der Waals surface area contributed by atoms with Crippen LogP contribution >= 0.6 is 15.9 Å². The lowest BCUT2D eigenvalue weighted by atomic mass is 10.1. The maximum atomic E-state index is 12.9. The number of aromatic nitrogens is 5. The van der Waals surface area contributed by atoms with Gasteiger partial charge in [-0.2, -0.15) is 13.2 Å². The molecule has 0 saturated carbocycles. The molecule has 11 heteroatoms. The molecule has 0 bridgehead atoms. The van der Waals surface area contributed by atoms with Gasteiger partial charge < -0.3 is 5.32 Å². The van der Waals surface area contributed by atoms with Gasteiger partial charge in [-0.1, -0.05) is 11.3 Å². The molecule has 1 N–H and O–H groups in total. The monoisotopic (exact) mass is 502 g/mol. The number of hydrogen-bond acceptors (Lipinski definition) is 5. The molecule has 0 fully saturated rings. The van der Waals surface area contributed by atoms with Crippen LogP contribution in [0.2, 0.25) is 0 Å². The second-order valence-corrected chi connectivity index (χ2v) is 7.74. The Hall–Kier alpha value is -3.60. The Labute approximate surface area is 188 Å². The van der Waals surface area contributed by atoms with Gasteiger partial charge in [-0.05, 0) is 58.7 Å². The highest BCUT2D eigenvalue weighted by molar-refractivity contribution is 9.10. The molecular formula is C21H14BrF3N6O. The summed E-state index contributed by atoms with van der Waals surface area (Å²) in [7, 11) is 0. The minimum absolute atomic E-state index is 0.197. The Morgan fingerprint density at radius 2 is 1.94 bits per heavy atom. The Bertz CT molecular complexity index is 1300. The molecule has 0 radical (unpaired) electrons. The zero-order valence-corrected chi connectivity index (χ0v) is 18.0. The third-order valence-corrected chi connectivity index (χ3v) is 4.97. The Kier molecular flexibility index (Phi) is 5.74. The highest BCUT2D eigenvalue weighted by Gasteiger charge is 2.30. The smallest absolute Gasteiger partial charge is 0.307 e. The van der Waals surface area contributed by atoms with Gasteiger partial charge in [-0.15, -0.1) is 5.10 Å². The van der Waals surface area contributed by atoms with Gasteiger partial charge in [0.15, 0.2) is 0 Å². The number of hydrogen-bond donors (Lipinski definition) is 1. The molecule has 32 heavy (non-hydrogen) atoms. The number of alkyl halides is 3. The van der Waals surface area contributed by atoms with Crippen molar-refractivity contribution in [3.63, 3.8) is 0 Å². The van der Waals surface area contributed by atoms with Gasteiger partial charge in [0.2, 0.25) is 0 Å². The predicted octanol–water partition coefficient (Wildman–Crippen LogP) is 5.07. The first-order valence-electron chi connectivity index (χ1n) is 9.19. The van der Waals surface area contributed by atoms with Crippen molar-refractivity contribution >= 4 is 27.7 Å². The number of amides is 1. The van der Waals surface area contributed by atoms with E-state index >= 15 is 0 Å². The van der Waals surface area contributed by atoms with Gasteiger partial charge in [0.1, 0.15) is 11.5 Å². The highest BCUT2D eigenvalue weighted by atomic mass is 79.9. The molecule has 7 nitrogen and oxygen atoms in total. The fourth-order valence-corrected chi connectivity index (χ4v) is 3.29. The molecule has 0 unspecified atom stereocenters. The number of aryl methyl sites for hydroxylation is 1. The summed E-state index contributed by atoms with van der Waals surface area (Å²) in [4.78, 5) is 20.5. The number of nitrogens with zero attached hydrogens (tertiary/aromatic N) is 5. The third-order valence-electron chi connectivity index (χ3n) is 4.54. The van der Waals surface area contributed by atoms with Gasteiger partial charge in [0, 0.05) is 34.2 Å². The normalized spacial score (nSPS) is 11.4. The first-order valence-corrected chi connectivity index (χ1v) is 9.99. The fourth-order valence-electron chi connectivity index (χ4n) is 2.93. The SMILES string of the molecule is Cc1ccc(C(=O)Nc2cc(C(F)(F)F)ccn2)cc1-n1cc(-c2cncc(Br)c2)nn1. The molecule has 4 aromatic rings. The summed E-state index contributed by atoms with van der Waals surface area (Å²) in [6.07, 6.45) is 1.46. The molecule has 0 atom stereocenters. The predicted molar refractivity (Wildman–Crippen MR) is 114 cm³/mol. The molecule has 3 aromatic heterocycles. The Morgan fingerprint density at radius 3 is 2.69 bits per heavy atom. The first kappa shape index (κ1) is 21.6. The number of halogens is 4. The quantitative estimate of drug-likeness (QED) is 0.421. The number of carbonyl (C=O) groups is 1. The van der Waals surface area contributed by atoms with E-state index in [1.165, 1.54) is 4.68 Å². The average molecular weight is 503 g/mol. The van der Waals surface area contributed by atoms with E-state index in [0.29, 0.717) is 11.4 Å². The summed E-state index contributed by atoms with van der Waals surface area (Å²) in [5.41, 5.74) is 2.09. The van der Waals surface area contributed by atoms with E-state index < -0.39 is 17.6 Å². The molecule has 3 heterocycles. The van der Waals surface area contributed by atoms with Gasteiger partial charge in [0.05, 0.1) is 17.4 Å². The van der Waals surface area contributed by atoms with Gasteiger partial charge in [-0.25, -0.2) is 9.67 Å². The molecule has 4 rings (SSSR count). The van der Waals surface area contributed by atoms with E-state index in [2.05, 4.69) is 41.5 Å². The van der Waals surface area contributed by atoms with Gasteiger partial charge >= 0.3 is 6.18 Å². The van der Waals surface area contributed by atoms with Crippen LogP contribution in [0.5, 0.6) is 0 Å². The van der Waals surface area contributed by atoms with Crippen molar-refractivity contribution in [2.45, 2.75) is 13.1 Å². The lowest BCUT2D eigenvalue weighted by molar-refractivity contribution is -0.137. The summed E-state index contributed by atoms with van der Waals surface area (Å²) in [5, 5.41) is 10.7. The number of carbonyl (C=O) groups excluding carboxylic acids is 1. The van der Waals surface area contributed by atoms with E-state index in [0.717, 1.165) is 33.9 Å². The third kappa shape index (κ3) is 4.67. The van der Waals surface area contributed by atoms with Crippen LogP contribution in [0.25, 0.3) is 16.9 Å². The number of benzene rings is 1. The maximum Gasteiger partial charge on any atom is 0.416 e. The zero-order chi connectivity index (χ0) is 22.9. The number of rotatable bonds is 4. The van der Waals surface area contributed by atoms with E-state index in [4.69, 9.17) is 0 Å². The van der Waals surface area contributed by atoms with Crippen LogP contribution in [-0.2, 0) is 6.18 Å². The first-order chi connectivity index (χ1) is 15.2. The lowest BCUT2D eigenvalue weighted by Gasteiger charge is -2.10. The van der Waals surface area contributed by atoms with Gasteiger partial charge in [0.25, 0.3) is 5.91 Å². The van der Waals surface area contributed by atoms with Crippen molar-refractivity contribution in [2.75, 3.05) is 5.32 Å².